The molecule has 0 aliphatic rings. The largest absolute Gasteiger partial charge is 0.0955 e. The number of hydrogen-bond acceptors (Lipinski definition) is 0. The lowest BCUT2D eigenvalue weighted by Crippen LogP contribution is -1.89. The smallest absolute Gasteiger partial charge is 0.00199 e. The second-order valence-electron chi connectivity index (χ2n) is 6.76. The number of fused-ring (bicyclic) bond motifs is 8. The quantitative estimate of drug-likeness (QED) is 0.284. The van der Waals surface area contributed by atoms with Crippen LogP contribution in [0.2, 0.25) is 0 Å². The Hall–Kier alpha value is -3.12. The molecule has 0 saturated carbocycles. The number of allylic oxidation sites excluding steroid dienone is 1. The van der Waals surface area contributed by atoms with E-state index in [0.29, 0.717) is 0 Å². The summed E-state index contributed by atoms with van der Waals surface area (Å²) in [5, 5.41) is 10.5. The molecule has 25 heavy (non-hydrogen) atoms. The van der Waals surface area contributed by atoms with E-state index >= 15 is 0 Å². The minimum Gasteiger partial charge on any atom is -0.0955 e. The maximum absolute atomic E-state index is 4.22. The molecule has 0 aliphatic heterocycles. The van der Waals surface area contributed by atoms with Gasteiger partial charge in [-0.2, -0.15) is 0 Å². The Bertz CT molecular complexity index is 1310. The van der Waals surface area contributed by atoms with Crippen LogP contribution >= 0.6 is 0 Å². The molecule has 0 atom stereocenters. The van der Waals surface area contributed by atoms with Crippen LogP contribution in [0.5, 0.6) is 0 Å². The van der Waals surface area contributed by atoms with Crippen LogP contribution in [-0.4, -0.2) is 0 Å². The molecule has 5 rings (SSSR count). The van der Waals surface area contributed by atoms with E-state index in [1.165, 1.54) is 48.7 Å². The Balaban J connectivity index is 2.22. The van der Waals surface area contributed by atoms with Gasteiger partial charge in [-0.25, -0.2) is 0 Å². The minimum atomic E-state index is 1.11. The van der Waals surface area contributed by atoms with Crippen molar-refractivity contribution in [2.24, 2.45) is 0 Å². The van der Waals surface area contributed by atoms with E-state index in [1.807, 2.05) is 0 Å². The third-order valence-corrected chi connectivity index (χ3v) is 5.21. The Morgan fingerprint density at radius 1 is 0.560 bits per heavy atom. The maximum atomic E-state index is 4.22. The average Bonchev–Trinajstić information content (AvgIpc) is 2.67. The Kier molecular flexibility index (Phi) is 2.96. The predicted molar refractivity (Wildman–Crippen MR) is 111 cm³/mol. The van der Waals surface area contributed by atoms with Crippen molar-refractivity contribution in [1.82, 2.24) is 0 Å². The molecular weight excluding hydrogens is 300 g/mol. The zero-order valence-electron chi connectivity index (χ0n) is 14.2. The third kappa shape index (κ3) is 1.94. The highest BCUT2D eigenvalue weighted by atomic mass is 14.2. The molecule has 118 valence electrons. The van der Waals surface area contributed by atoms with Crippen LogP contribution in [0.15, 0.2) is 85.4 Å². The van der Waals surface area contributed by atoms with Crippen LogP contribution in [0.25, 0.3) is 48.7 Å². The zero-order chi connectivity index (χ0) is 17.0. The second kappa shape index (κ2) is 5.19. The molecule has 0 amide bonds. The van der Waals surface area contributed by atoms with Crippen LogP contribution < -0.4 is 0 Å². The summed E-state index contributed by atoms with van der Waals surface area (Å²) in [5.74, 6) is 0. The summed E-state index contributed by atoms with van der Waals surface area (Å²) in [6.07, 6.45) is 0. The van der Waals surface area contributed by atoms with Gasteiger partial charge in [0.2, 0.25) is 0 Å². The van der Waals surface area contributed by atoms with Gasteiger partial charge in [0.1, 0.15) is 0 Å². The molecule has 0 heterocycles. The summed E-state index contributed by atoms with van der Waals surface area (Å²) in [6.45, 7) is 6.32. The van der Waals surface area contributed by atoms with Gasteiger partial charge in [-0.15, -0.1) is 0 Å². The number of rotatable bonds is 1. The summed E-state index contributed by atoms with van der Waals surface area (Å²) in [7, 11) is 0. The van der Waals surface area contributed by atoms with Gasteiger partial charge in [0.25, 0.3) is 0 Å². The van der Waals surface area contributed by atoms with E-state index in [-0.39, 0.29) is 0 Å². The van der Waals surface area contributed by atoms with Gasteiger partial charge in [-0.1, -0.05) is 84.9 Å². The first kappa shape index (κ1) is 14.2. The van der Waals surface area contributed by atoms with Gasteiger partial charge >= 0.3 is 0 Å². The number of benzene rings is 5. The zero-order valence-corrected chi connectivity index (χ0v) is 14.2. The molecule has 0 N–H and O–H groups in total. The lowest BCUT2D eigenvalue weighted by atomic mass is 9.88. The first-order valence-electron chi connectivity index (χ1n) is 8.66. The van der Waals surface area contributed by atoms with Gasteiger partial charge in [0, 0.05) is 0 Å². The van der Waals surface area contributed by atoms with E-state index < -0.39 is 0 Å². The van der Waals surface area contributed by atoms with Crippen molar-refractivity contribution in [3.05, 3.63) is 91.0 Å². The standard InChI is InChI=1S/C25H18/c1-16(2)23-15-24-19-11-4-3-9-17(19)18-10-5-7-13-21(18)25(24)22-14-8-6-12-20(22)23/h3-15H,1H2,2H3. The Labute approximate surface area is 147 Å². The lowest BCUT2D eigenvalue weighted by Gasteiger charge is -2.15. The van der Waals surface area contributed by atoms with Gasteiger partial charge in [-0.3, -0.25) is 0 Å². The highest BCUT2D eigenvalue weighted by Gasteiger charge is 2.13. The molecule has 5 aromatic rings. The maximum Gasteiger partial charge on any atom is -0.00199 e. The SMILES string of the molecule is C=C(C)c1cc2c3ccccc3c3ccccc3c2c2ccccc12. The van der Waals surface area contributed by atoms with Crippen LogP contribution in [0, 0.1) is 0 Å². The lowest BCUT2D eigenvalue weighted by molar-refractivity contribution is 1.67. The number of hydrogen-bond donors (Lipinski definition) is 0. The first-order valence-corrected chi connectivity index (χ1v) is 8.66. The van der Waals surface area contributed by atoms with Gasteiger partial charge in [0.15, 0.2) is 0 Å². The van der Waals surface area contributed by atoms with Gasteiger partial charge in [0.05, 0.1) is 0 Å². The fourth-order valence-corrected chi connectivity index (χ4v) is 4.12. The van der Waals surface area contributed by atoms with Crippen molar-refractivity contribution >= 4 is 48.7 Å². The fraction of sp³-hybridized carbons (Fsp3) is 0.0400. The molecule has 5 aromatic carbocycles. The summed E-state index contributed by atoms with van der Waals surface area (Å²) >= 11 is 0. The molecule has 0 nitrogen and oxygen atoms in total. The van der Waals surface area contributed by atoms with E-state index in [1.54, 1.807) is 0 Å². The summed E-state index contributed by atoms with van der Waals surface area (Å²) < 4.78 is 0. The summed E-state index contributed by atoms with van der Waals surface area (Å²) in [4.78, 5) is 0. The van der Waals surface area contributed by atoms with Crippen LogP contribution in [0.3, 0.4) is 0 Å². The van der Waals surface area contributed by atoms with Crippen molar-refractivity contribution < 1.29 is 0 Å². The van der Waals surface area contributed by atoms with Crippen molar-refractivity contribution in [2.45, 2.75) is 6.92 Å². The molecule has 0 aliphatic carbocycles. The first-order chi connectivity index (χ1) is 12.3. The van der Waals surface area contributed by atoms with Crippen molar-refractivity contribution in [3.63, 3.8) is 0 Å². The van der Waals surface area contributed by atoms with Crippen molar-refractivity contribution in [2.75, 3.05) is 0 Å². The third-order valence-electron chi connectivity index (χ3n) is 5.21. The average molecular weight is 318 g/mol. The Morgan fingerprint density at radius 2 is 0.960 bits per heavy atom. The topological polar surface area (TPSA) is 0 Å². The van der Waals surface area contributed by atoms with E-state index in [2.05, 4.69) is 92.4 Å². The molecular formula is C25H18. The fourth-order valence-electron chi connectivity index (χ4n) is 4.12. The molecule has 0 fully saturated rings. The van der Waals surface area contributed by atoms with Crippen molar-refractivity contribution in [3.8, 4) is 0 Å². The molecule has 0 radical (unpaired) electrons. The molecule has 0 aromatic heterocycles. The molecule has 0 bridgehead atoms. The second-order valence-corrected chi connectivity index (χ2v) is 6.76. The van der Waals surface area contributed by atoms with Crippen LogP contribution in [0.1, 0.15) is 12.5 Å². The van der Waals surface area contributed by atoms with Crippen LogP contribution in [-0.2, 0) is 0 Å². The monoisotopic (exact) mass is 318 g/mol. The van der Waals surface area contributed by atoms with Crippen molar-refractivity contribution in [1.29, 1.82) is 0 Å². The predicted octanol–water partition coefficient (Wildman–Crippen LogP) is 7.33. The molecule has 0 spiro atoms. The summed E-state index contributed by atoms with van der Waals surface area (Å²) in [6, 6.07) is 28.5. The Morgan fingerprint density at radius 3 is 1.52 bits per heavy atom. The minimum absolute atomic E-state index is 1.11. The van der Waals surface area contributed by atoms with Gasteiger partial charge < -0.3 is 0 Å². The van der Waals surface area contributed by atoms with Gasteiger partial charge in [-0.05, 0) is 61.6 Å². The van der Waals surface area contributed by atoms with Crippen LogP contribution in [0.4, 0.5) is 0 Å². The molecule has 0 unspecified atom stereocenters. The van der Waals surface area contributed by atoms with E-state index in [4.69, 9.17) is 0 Å². The molecule has 0 heteroatoms. The van der Waals surface area contributed by atoms with E-state index in [9.17, 15) is 0 Å². The normalized spacial score (nSPS) is 11.6. The van der Waals surface area contributed by atoms with E-state index in [0.717, 1.165) is 5.57 Å². The highest BCUT2D eigenvalue weighted by Crippen LogP contribution is 2.41. The highest BCUT2D eigenvalue weighted by molar-refractivity contribution is 6.32. The summed E-state index contributed by atoms with van der Waals surface area (Å²) in [5.41, 5.74) is 2.35. The molecule has 0 saturated heterocycles.